The summed E-state index contributed by atoms with van der Waals surface area (Å²) in [5.41, 5.74) is 5.55. The van der Waals surface area contributed by atoms with Gasteiger partial charge in [-0.1, -0.05) is 18.9 Å². The van der Waals surface area contributed by atoms with Crippen molar-refractivity contribution in [2.24, 2.45) is 11.1 Å². The third kappa shape index (κ3) is 2.46. The minimum atomic E-state index is -0.284. The molecule has 2 N–H and O–H groups in total. The lowest BCUT2D eigenvalue weighted by atomic mass is 9.84. The van der Waals surface area contributed by atoms with Gasteiger partial charge in [0.1, 0.15) is 0 Å². The minimum Gasteiger partial charge on any atom is -0.336 e. The first kappa shape index (κ1) is 13.2. The van der Waals surface area contributed by atoms with Crippen molar-refractivity contribution >= 4 is 5.91 Å². The van der Waals surface area contributed by atoms with Crippen molar-refractivity contribution in [2.75, 3.05) is 13.1 Å². The van der Waals surface area contributed by atoms with Crippen molar-refractivity contribution < 1.29 is 4.79 Å². The van der Waals surface area contributed by atoms with Crippen LogP contribution in [0.5, 0.6) is 0 Å². The largest absolute Gasteiger partial charge is 0.336 e. The lowest BCUT2D eigenvalue weighted by molar-refractivity contribution is -0.142. The molecule has 0 bridgehead atoms. The highest BCUT2D eigenvalue weighted by Gasteiger charge is 2.42. The second kappa shape index (κ2) is 5.48. The molecule has 0 aliphatic heterocycles. The van der Waals surface area contributed by atoms with E-state index in [0.29, 0.717) is 13.1 Å². The van der Waals surface area contributed by atoms with Gasteiger partial charge in [0, 0.05) is 19.1 Å². The molecule has 1 aliphatic rings. The zero-order valence-electron chi connectivity index (χ0n) is 10.5. The van der Waals surface area contributed by atoms with Gasteiger partial charge < -0.3 is 10.6 Å². The number of hydrogen-bond acceptors (Lipinski definition) is 2. The summed E-state index contributed by atoms with van der Waals surface area (Å²) in [5, 5.41) is 0. The Hall–Kier alpha value is -0.830. The Morgan fingerprint density at radius 2 is 2.06 bits per heavy atom. The number of rotatable bonds is 5. The van der Waals surface area contributed by atoms with Crippen molar-refractivity contribution in [3.63, 3.8) is 0 Å². The molecular formula is C13H24N2O. The van der Waals surface area contributed by atoms with Crippen molar-refractivity contribution in [3.05, 3.63) is 12.7 Å². The fraction of sp³-hybridized carbons (Fsp3) is 0.769. The Morgan fingerprint density at radius 1 is 1.50 bits per heavy atom. The lowest BCUT2D eigenvalue weighted by Gasteiger charge is -2.35. The third-order valence-electron chi connectivity index (χ3n) is 3.62. The van der Waals surface area contributed by atoms with Crippen molar-refractivity contribution in [1.82, 2.24) is 4.90 Å². The smallest absolute Gasteiger partial charge is 0.230 e. The summed E-state index contributed by atoms with van der Waals surface area (Å²) in [6.45, 7) is 8.90. The number of amides is 1. The maximum absolute atomic E-state index is 12.5. The van der Waals surface area contributed by atoms with Crippen LogP contribution in [0.25, 0.3) is 0 Å². The lowest BCUT2D eigenvalue weighted by Crippen LogP contribution is -2.49. The van der Waals surface area contributed by atoms with E-state index in [1.807, 2.05) is 18.7 Å². The molecule has 16 heavy (non-hydrogen) atoms. The topological polar surface area (TPSA) is 46.3 Å². The first-order chi connectivity index (χ1) is 7.57. The quantitative estimate of drug-likeness (QED) is 0.725. The molecule has 0 aromatic rings. The first-order valence-electron chi connectivity index (χ1n) is 6.19. The predicted octanol–water partition coefficient (Wildman–Crippen LogP) is 1.93. The SMILES string of the molecule is C=CCN(C(=O)C1(CN)CCCC1)C(C)C. The van der Waals surface area contributed by atoms with Crippen molar-refractivity contribution in [1.29, 1.82) is 0 Å². The van der Waals surface area contributed by atoms with E-state index in [-0.39, 0.29) is 17.4 Å². The Balaban J connectivity index is 2.83. The van der Waals surface area contributed by atoms with Crippen molar-refractivity contribution in [3.8, 4) is 0 Å². The van der Waals surface area contributed by atoms with Gasteiger partial charge in [-0.2, -0.15) is 0 Å². The Bertz CT molecular complexity index is 255. The molecule has 0 aromatic carbocycles. The molecule has 3 heteroatoms. The monoisotopic (exact) mass is 224 g/mol. The summed E-state index contributed by atoms with van der Waals surface area (Å²) >= 11 is 0. The van der Waals surface area contributed by atoms with E-state index in [1.54, 1.807) is 6.08 Å². The van der Waals surface area contributed by atoms with E-state index in [4.69, 9.17) is 5.73 Å². The van der Waals surface area contributed by atoms with Gasteiger partial charge in [0.2, 0.25) is 5.91 Å². The number of carbonyl (C=O) groups is 1. The van der Waals surface area contributed by atoms with Crippen LogP contribution in [-0.2, 0) is 4.79 Å². The second-order valence-electron chi connectivity index (χ2n) is 5.03. The van der Waals surface area contributed by atoms with Crippen LogP contribution in [-0.4, -0.2) is 29.9 Å². The molecule has 0 spiro atoms. The molecule has 1 fully saturated rings. The molecule has 92 valence electrons. The molecule has 0 aromatic heterocycles. The van der Waals surface area contributed by atoms with Crippen LogP contribution in [0.4, 0.5) is 0 Å². The van der Waals surface area contributed by atoms with Gasteiger partial charge in [-0.15, -0.1) is 6.58 Å². The van der Waals surface area contributed by atoms with E-state index >= 15 is 0 Å². The van der Waals surface area contributed by atoms with Gasteiger partial charge in [0.15, 0.2) is 0 Å². The molecule has 3 nitrogen and oxygen atoms in total. The van der Waals surface area contributed by atoms with E-state index < -0.39 is 0 Å². The minimum absolute atomic E-state index is 0.217. The Morgan fingerprint density at radius 3 is 2.44 bits per heavy atom. The molecular weight excluding hydrogens is 200 g/mol. The Kier molecular flexibility index (Phi) is 4.54. The average Bonchev–Trinajstić information content (AvgIpc) is 2.74. The van der Waals surface area contributed by atoms with Crippen LogP contribution in [0.3, 0.4) is 0 Å². The van der Waals surface area contributed by atoms with Crippen LogP contribution in [0.15, 0.2) is 12.7 Å². The highest BCUT2D eigenvalue weighted by molar-refractivity contribution is 5.83. The standard InChI is InChI=1S/C13H24N2O/c1-4-9-15(11(2)3)12(16)13(10-14)7-5-6-8-13/h4,11H,1,5-10,14H2,2-3H3. The van der Waals surface area contributed by atoms with Gasteiger partial charge in [-0.25, -0.2) is 0 Å². The number of carbonyl (C=O) groups excluding carboxylic acids is 1. The molecule has 1 aliphatic carbocycles. The maximum Gasteiger partial charge on any atom is 0.230 e. The van der Waals surface area contributed by atoms with Crippen LogP contribution < -0.4 is 5.73 Å². The number of hydrogen-bond donors (Lipinski definition) is 1. The van der Waals surface area contributed by atoms with Gasteiger partial charge in [0.05, 0.1) is 5.41 Å². The van der Waals surface area contributed by atoms with Gasteiger partial charge >= 0.3 is 0 Å². The van der Waals surface area contributed by atoms with Crippen LogP contribution >= 0.6 is 0 Å². The van der Waals surface area contributed by atoms with E-state index in [1.165, 1.54) is 0 Å². The van der Waals surface area contributed by atoms with E-state index in [2.05, 4.69) is 6.58 Å². The molecule has 1 rings (SSSR count). The highest BCUT2D eigenvalue weighted by atomic mass is 16.2. The summed E-state index contributed by atoms with van der Waals surface area (Å²) in [5.74, 6) is 0.224. The molecule has 0 atom stereocenters. The summed E-state index contributed by atoms with van der Waals surface area (Å²) in [6, 6.07) is 0.217. The fourth-order valence-electron chi connectivity index (χ4n) is 2.53. The maximum atomic E-state index is 12.5. The zero-order chi connectivity index (χ0) is 12.2. The van der Waals surface area contributed by atoms with E-state index in [0.717, 1.165) is 25.7 Å². The van der Waals surface area contributed by atoms with Gasteiger partial charge in [-0.05, 0) is 26.7 Å². The van der Waals surface area contributed by atoms with Crippen LogP contribution in [0, 0.1) is 5.41 Å². The second-order valence-corrected chi connectivity index (χ2v) is 5.03. The molecule has 1 amide bonds. The summed E-state index contributed by atoms with van der Waals surface area (Å²) in [6.07, 6.45) is 5.94. The highest BCUT2D eigenvalue weighted by Crippen LogP contribution is 2.39. The molecule has 0 saturated heterocycles. The van der Waals surface area contributed by atoms with Gasteiger partial charge in [-0.3, -0.25) is 4.79 Å². The zero-order valence-corrected chi connectivity index (χ0v) is 10.5. The predicted molar refractivity (Wildman–Crippen MR) is 67.0 cm³/mol. The molecule has 0 heterocycles. The average molecular weight is 224 g/mol. The van der Waals surface area contributed by atoms with Crippen molar-refractivity contribution in [2.45, 2.75) is 45.6 Å². The summed E-state index contributed by atoms with van der Waals surface area (Å²) < 4.78 is 0. The first-order valence-corrected chi connectivity index (χ1v) is 6.19. The third-order valence-corrected chi connectivity index (χ3v) is 3.62. The Labute approximate surface area is 98.7 Å². The molecule has 1 saturated carbocycles. The normalized spacial score (nSPS) is 18.8. The van der Waals surface area contributed by atoms with Crippen LogP contribution in [0.2, 0.25) is 0 Å². The number of nitrogens with two attached hydrogens (primary N) is 1. The fourth-order valence-corrected chi connectivity index (χ4v) is 2.53. The molecule has 0 radical (unpaired) electrons. The summed E-state index contributed by atoms with van der Waals surface area (Å²) in [4.78, 5) is 14.4. The van der Waals surface area contributed by atoms with Gasteiger partial charge in [0.25, 0.3) is 0 Å². The molecule has 0 unspecified atom stereocenters. The van der Waals surface area contributed by atoms with Crippen LogP contribution in [0.1, 0.15) is 39.5 Å². The number of nitrogens with zero attached hydrogens (tertiary/aromatic N) is 1. The van der Waals surface area contributed by atoms with E-state index in [9.17, 15) is 4.79 Å². The summed E-state index contributed by atoms with van der Waals surface area (Å²) in [7, 11) is 0.